The van der Waals surface area contributed by atoms with Crippen molar-refractivity contribution >= 4 is 11.9 Å². The van der Waals surface area contributed by atoms with Gasteiger partial charge in [-0.2, -0.15) is 0 Å². The second-order valence-electron chi connectivity index (χ2n) is 4.81. The smallest absolute Gasteiger partial charge is 0.314 e. The third-order valence-corrected chi connectivity index (χ3v) is 3.36. The zero-order chi connectivity index (χ0) is 12.5. The van der Waals surface area contributed by atoms with E-state index in [0.717, 1.165) is 12.0 Å². The SMILES string of the molecule is CCc1ccc(C2(C)CC(=O)OC(=O)C2)cc1. The molecular formula is C14H16O3. The second kappa shape index (κ2) is 4.32. The number of cyclic esters (lactones) is 2. The molecule has 3 nitrogen and oxygen atoms in total. The number of aryl methyl sites for hydroxylation is 1. The van der Waals surface area contributed by atoms with Crippen molar-refractivity contribution in [3.8, 4) is 0 Å². The molecule has 0 unspecified atom stereocenters. The van der Waals surface area contributed by atoms with Crippen LogP contribution < -0.4 is 0 Å². The van der Waals surface area contributed by atoms with Crippen LogP contribution in [-0.4, -0.2) is 11.9 Å². The number of hydrogen-bond donors (Lipinski definition) is 0. The zero-order valence-electron chi connectivity index (χ0n) is 10.2. The Kier molecular flexibility index (Phi) is 3.01. The summed E-state index contributed by atoms with van der Waals surface area (Å²) in [5, 5.41) is 0. The summed E-state index contributed by atoms with van der Waals surface area (Å²) in [7, 11) is 0. The van der Waals surface area contributed by atoms with E-state index in [9.17, 15) is 9.59 Å². The molecule has 3 heteroatoms. The molecule has 1 heterocycles. The van der Waals surface area contributed by atoms with Gasteiger partial charge in [0, 0.05) is 5.41 Å². The number of esters is 2. The van der Waals surface area contributed by atoms with Crippen LogP contribution in [0.5, 0.6) is 0 Å². The number of carbonyl (C=O) groups is 2. The van der Waals surface area contributed by atoms with Crippen molar-refractivity contribution in [1.82, 2.24) is 0 Å². The molecule has 1 aliphatic heterocycles. The van der Waals surface area contributed by atoms with Gasteiger partial charge in [0.25, 0.3) is 0 Å². The second-order valence-corrected chi connectivity index (χ2v) is 4.81. The Morgan fingerprint density at radius 3 is 2.12 bits per heavy atom. The number of benzene rings is 1. The van der Waals surface area contributed by atoms with Gasteiger partial charge in [-0.05, 0) is 17.5 Å². The number of hydrogen-bond acceptors (Lipinski definition) is 3. The molecular weight excluding hydrogens is 216 g/mol. The highest BCUT2D eigenvalue weighted by molar-refractivity contribution is 5.90. The van der Waals surface area contributed by atoms with Crippen LogP contribution in [0.15, 0.2) is 24.3 Å². The average molecular weight is 232 g/mol. The molecule has 1 fully saturated rings. The van der Waals surface area contributed by atoms with Crippen LogP contribution in [0.4, 0.5) is 0 Å². The first kappa shape index (κ1) is 11.8. The zero-order valence-corrected chi connectivity index (χ0v) is 10.2. The lowest BCUT2D eigenvalue weighted by atomic mass is 9.75. The van der Waals surface area contributed by atoms with Crippen molar-refractivity contribution in [3.05, 3.63) is 35.4 Å². The molecule has 17 heavy (non-hydrogen) atoms. The first-order valence-electron chi connectivity index (χ1n) is 5.86. The van der Waals surface area contributed by atoms with E-state index in [4.69, 9.17) is 0 Å². The van der Waals surface area contributed by atoms with E-state index in [1.165, 1.54) is 5.56 Å². The minimum atomic E-state index is -0.427. The van der Waals surface area contributed by atoms with Gasteiger partial charge in [0.15, 0.2) is 0 Å². The lowest BCUT2D eigenvalue weighted by Crippen LogP contribution is -2.36. The van der Waals surface area contributed by atoms with Crippen molar-refractivity contribution in [1.29, 1.82) is 0 Å². The summed E-state index contributed by atoms with van der Waals surface area (Å²) in [6.07, 6.45) is 1.52. The quantitative estimate of drug-likeness (QED) is 0.580. The molecule has 0 spiro atoms. The van der Waals surface area contributed by atoms with Crippen molar-refractivity contribution < 1.29 is 14.3 Å². The predicted octanol–water partition coefficient (Wildman–Crippen LogP) is 2.37. The predicted molar refractivity (Wildman–Crippen MR) is 63.5 cm³/mol. The maximum atomic E-state index is 11.3. The van der Waals surface area contributed by atoms with Crippen LogP contribution in [0.1, 0.15) is 37.8 Å². The van der Waals surface area contributed by atoms with E-state index in [1.54, 1.807) is 0 Å². The largest absolute Gasteiger partial charge is 0.393 e. The third-order valence-electron chi connectivity index (χ3n) is 3.36. The molecule has 0 radical (unpaired) electrons. The Morgan fingerprint density at radius 2 is 1.65 bits per heavy atom. The van der Waals surface area contributed by atoms with E-state index in [0.29, 0.717) is 0 Å². The summed E-state index contributed by atoms with van der Waals surface area (Å²) in [4.78, 5) is 22.7. The Bertz CT molecular complexity index is 429. The van der Waals surface area contributed by atoms with Gasteiger partial charge in [-0.25, -0.2) is 0 Å². The van der Waals surface area contributed by atoms with Crippen molar-refractivity contribution in [2.24, 2.45) is 0 Å². The molecule has 0 bridgehead atoms. The van der Waals surface area contributed by atoms with Crippen LogP contribution in [0.25, 0.3) is 0 Å². The Labute approximate surface area is 101 Å². The van der Waals surface area contributed by atoms with Crippen LogP contribution >= 0.6 is 0 Å². The summed E-state index contributed by atoms with van der Waals surface area (Å²) in [6, 6.07) is 8.10. The average Bonchev–Trinajstić information content (AvgIpc) is 2.27. The van der Waals surface area contributed by atoms with Crippen LogP contribution in [0.3, 0.4) is 0 Å². The Balaban J connectivity index is 2.29. The van der Waals surface area contributed by atoms with E-state index < -0.39 is 17.4 Å². The molecule has 1 aliphatic rings. The minimum absolute atomic E-state index is 0.268. The molecule has 0 saturated carbocycles. The Hall–Kier alpha value is -1.64. The van der Waals surface area contributed by atoms with Crippen molar-refractivity contribution in [2.75, 3.05) is 0 Å². The molecule has 0 aliphatic carbocycles. The van der Waals surface area contributed by atoms with Gasteiger partial charge >= 0.3 is 11.9 Å². The summed E-state index contributed by atoms with van der Waals surface area (Å²) >= 11 is 0. The van der Waals surface area contributed by atoms with E-state index in [2.05, 4.69) is 11.7 Å². The summed E-state index contributed by atoms with van der Waals surface area (Å²) in [6.45, 7) is 4.03. The fourth-order valence-corrected chi connectivity index (χ4v) is 2.25. The summed E-state index contributed by atoms with van der Waals surface area (Å²) < 4.78 is 4.57. The lowest BCUT2D eigenvalue weighted by Gasteiger charge is -2.31. The maximum Gasteiger partial charge on any atom is 0.314 e. The monoisotopic (exact) mass is 232 g/mol. The summed E-state index contributed by atoms with van der Waals surface area (Å²) in [5.74, 6) is -0.855. The van der Waals surface area contributed by atoms with Gasteiger partial charge in [0.1, 0.15) is 0 Å². The third kappa shape index (κ3) is 2.38. The van der Waals surface area contributed by atoms with Gasteiger partial charge in [-0.1, -0.05) is 38.1 Å². The van der Waals surface area contributed by atoms with Gasteiger partial charge in [0.2, 0.25) is 0 Å². The number of carbonyl (C=O) groups excluding carboxylic acids is 2. The highest BCUT2D eigenvalue weighted by Crippen LogP contribution is 2.35. The molecule has 0 N–H and O–H groups in total. The van der Waals surface area contributed by atoms with Gasteiger partial charge < -0.3 is 4.74 Å². The van der Waals surface area contributed by atoms with Crippen molar-refractivity contribution in [2.45, 2.75) is 38.5 Å². The lowest BCUT2D eigenvalue weighted by molar-refractivity contribution is -0.166. The summed E-state index contributed by atoms with van der Waals surface area (Å²) in [5.41, 5.74) is 1.86. The molecule has 90 valence electrons. The Morgan fingerprint density at radius 1 is 1.12 bits per heavy atom. The minimum Gasteiger partial charge on any atom is -0.393 e. The molecule has 1 aromatic carbocycles. The first-order valence-corrected chi connectivity index (χ1v) is 5.86. The van der Waals surface area contributed by atoms with Gasteiger partial charge in [0.05, 0.1) is 12.8 Å². The van der Waals surface area contributed by atoms with Crippen LogP contribution in [0.2, 0.25) is 0 Å². The molecule has 0 aromatic heterocycles. The van der Waals surface area contributed by atoms with Gasteiger partial charge in [-0.3, -0.25) is 9.59 Å². The number of ether oxygens (including phenoxy) is 1. The first-order chi connectivity index (χ1) is 8.03. The molecule has 1 saturated heterocycles. The maximum absolute atomic E-state index is 11.3. The molecule has 2 rings (SSSR count). The van der Waals surface area contributed by atoms with Crippen LogP contribution in [-0.2, 0) is 26.2 Å². The standard InChI is InChI=1S/C14H16O3/c1-3-10-4-6-11(7-5-10)14(2)8-12(15)17-13(16)9-14/h4-7H,3,8-9H2,1-2H3. The van der Waals surface area contributed by atoms with E-state index >= 15 is 0 Å². The number of rotatable bonds is 2. The molecule has 0 atom stereocenters. The fourth-order valence-electron chi connectivity index (χ4n) is 2.25. The molecule has 0 amide bonds. The molecule has 1 aromatic rings. The fraction of sp³-hybridized carbons (Fsp3) is 0.429. The normalized spacial score (nSPS) is 18.9. The highest BCUT2D eigenvalue weighted by Gasteiger charge is 2.38. The van der Waals surface area contributed by atoms with Crippen LogP contribution in [0, 0.1) is 0 Å². The van der Waals surface area contributed by atoms with E-state index in [1.807, 2.05) is 31.2 Å². The van der Waals surface area contributed by atoms with Crippen molar-refractivity contribution in [3.63, 3.8) is 0 Å². The van der Waals surface area contributed by atoms with Gasteiger partial charge in [-0.15, -0.1) is 0 Å². The van der Waals surface area contributed by atoms with E-state index in [-0.39, 0.29) is 12.8 Å². The highest BCUT2D eigenvalue weighted by atomic mass is 16.6. The topological polar surface area (TPSA) is 43.4 Å².